The van der Waals surface area contributed by atoms with Gasteiger partial charge in [-0.25, -0.2) is 0 Å². The molecule has 0 atom stereocenters. The van der Waals surface area contributed by atoms with E-state index in [1.54, 1.807) is 12.1 Å². The van der Waals surface area contributed by atoms with Crippen LogP contribution >= 0.6 is 23.1 Å². The molecule has 3 rings (SSSR count). The maximum absolute atomic E-state index is 12.0. The van der Waals surface area contributed by atoms with Crippen molar-refractivity contribution in [2.45, 2.75) is 18.2 Å². The molecule has 0 aliphatic rings. The minimum Gasteiger partial charge on any atom is -0.492 e. The minimum absolute atomic E-state index is 0.0956. The standard InChI is InChI=1S/C20H21N5O3S2/c1-3-28-16-7-5-4-6-15(16)21-19-24-25-20(30-19)29-12-17(26)22-23-18(27)14-10-8-13(2)9-11-14/h4-11H,3,12H2,1-2H3,(H,21,24)(H,22,26)(H,23,27). The predicted molar refractivity (Wildman–Crippen MR) is 118 cm³/mol. The van der Waals surface area contributed by atoms with Gasteiger partial charge in [0.05, 0.1) is 18.0 Å². The average molecular weight is 444 g/mol. The molecule has 3 N–H and O–H groups in total. The first-order valence-electron chi connectivity index (χ1n) is 9.16. The summed E-state index contributed by atoms with van der Waals surface area (Å²) in [5.41, 5.74) is 7.12. The lowest BCUT2D eigenvalue weighted by Crippen LogP contribution is -2.42. The molecule has 0 bridgehead atoms. The van der Waals surface area contributed by atoms with Crippen LogP contribution < -0.4 is 20.9 Å². The number of benzene rings is 2. The van der Waals surface area contributed by atoms with Crippen LogP contribution in [0.25, 0.3) is 0 Å². The number of carbonyl (C=O) groups is 2. The molecule has 10 heteroatoms. The van der Waals surface area contributed by atoms with Crippen LogP contribution in [0.4, 0.5) is 10.8 Å². The van der Waals surface area contributed by atoms with E-state index in [9.17, 15) is 9.59 Å². The molecule has 0 fully saturated rings. The summed E-state index contributed by atoms with van der Waals surface area (Å²) in [4.78, 5) is 24.0. The van der Waals surface area contributed by atoms with E-state index in [1.807, 2.05) is 50.2 Å². The lowest BCUT2D eigenvalue weighted by atomic mass is 10.1. The molecule has 156 valence electrons. The van der Waals surface area contributed by atoms with Gasteiger partial charge in [-0.2, -0.15) is 0 Å². The lowest BCUT2D eigenvalue weighted by molar-refractivity contribution is -0.119. The van der Waals surface area contributed by atoms with Crippen molar-refractivity contribution in [3.63, 3.8) is 0 Å². The third-order valence-electron chi connectivity index (χ3n) is 3.79. The largest absolute Gasteiger partial charge is 0.492 e. The number of amides is 2. The van der Waals surface area contributed by atoms with Crippen LogP contribution in [0, 0.1) is 6.92 Å². The molecule has 0 spiro atoms. The van der Waals surface area contributed by atoms with Gasteiger partial charge >= 0.3 is 0 Å². The number of hydrazine groups is 1. The highest BCUT2D eigenvalue weighted by Crippen LogP contribution is 2.31. The summed E-state index contributed by atoms with van der Waals surface area (Å²) in [5.74, 6) is 0.113. The molecule has 30 heavy (non-hydrogen) atoms. The van der Waals surface area contributed by atoms with E-state index in [2.05, 4.69) is 26.4 Å². The Hall–Kier alpha value is -3.11. The Morgan fingerprint density at radius 3 is 2.60 bits per heavy atom. The molecular formula is C20H21N5O3S2. The zero-order valence-corrected chi connectivity index (χ0v) is 18.1. The Bertz CT molecular complexity index is 1010. The quantitative estimate of drug-likeness (QED) is 0.361. The van der Waals surface area contributed by atoms with E-state index in [0.29, 0.717) is 21.6 Å². The predicted octanol–water partition coefficient (Wildman–Crippen LogP) is 3.54. The van der Waals surface area contributed by atoms with Gasteiger partial charge in [-0.05, 0) is 38.1 Å². The number of thioether (sulfide) groups is 1. The molecule has 1 aromatic heterocycles. The molecule has 2 aromatic carbocycles. The van der Waals surface area contributed by atoms with Gasteiger partial charge in [0.15, 0.2) is 4.34 Å². The van der Waals surface area contributed by atoms with Crippen LogP contribution in [0.2, 0.25) is 0 Å². The zero-order chi connectivity index (χ0) is 21.3. The highest BCUT2D eigenvalue weighted by Gasteiger charge is 2.11. The van der Waals surface area contributed by atoms with Gasteiger partial charge in [0.25, 0.3) is 5.91 Å². The highest BCUT2D eigenvalue weighted by atomic mass is 32.2. The maximum atomic E-state index is 12.0. The number of aryl methyl sites for hydroxylation is 1. The van der Waals surface area contributed by atoms with E-state index in [0.717, 1.165) is 17.0 Å². The van der Waals surface area contributed by atoms with Gasteiger partial charge in [0, 0.05) is 5.56 Å². The summed E-state index contributed by atoms with van der Waals surface area (Å²) in [6.07, 6.45) is 0. The first kappa shape index (κ1) is 21.6. The van der Waals surface area contributed by atoms with Gasteiger partial charge < -0.3 is 10.1 Å². The van der Waals surface area contributed by atoms with E-state index >= 15 is 0 Å². The number of aromatic nitrogens is 2. The number of ether oxygens (including phenoxy) is 1. The SMILES string of the molecule is CCOc1ccccc1Nc1nnc(SCC(=O)NNC(=O)c2ccc(C)cc2)s1. The van der Waals surface area contributed by atoms with Gasteiger partial charge in [-0.15, -0.1) is 10.2 Å². The Kier molecular flexibility index (Phi) is 7.63. The monoisotopic (exact) mass is 443 g/mol. The van der Waals surface area contributed by atoms with Gasteiger partial charge in [-0.3, -0.25) is 20.4 Å². The molecule has 0 aliphatic heterocycles. The molecule has 1 heterocycles. The molecular weight excluding hydrogens is 422 g/mol. The first-order chi connectivity index (χ1) is 14.5. The first-order valence-corrected chi connectivity index (χ1v) is 11.0. The van der Waals surface area contributed by atoms with Crippen molar-refractivity contribution in [2.24, 2.45) is 0 Å². The van der Waals surface area contributed by atoms with Crippen molar-refractivity contribution in [2.75, 3.05) is 17.7 Å². The van der Waals surface area contributed by atoms with Crippen molar-refractivity contribution < 1.29 is 14.3 Å². The Balaban J connectivity index is 1.46. The maximum Gasteiger partial charge on any atom is 0.269 e. The fourth-order valence-electron chi connectivity index (χ4n) is 2.35. The van der Waals surface area contributed by atoms with Crippen molar-refractivity contribution in [3.8, 4) is 5.75 Å². The molecule has 8 nitrogen and oxygen atoms in total. The number of para-hydroxylation sites is 2. The van der Waals surface area contributed by atoms with E-state index in [4.69, 9.17) is 4.74 Å². The number of nitrogens with one attached hydrogen (secondary N) is 3. The Morgan fingerprint density at radius 1 is 1.07 bits per heavy atom. The third-order valence-corrected chi connectivity index (χ3v) is 5.76. The van der Waals surface area contributed by atoms with Crippen LogP contribution in [0.3, 0.4) is 0 Å². The molecule has 2 amide bonds. The number of anilines is 2. The van der Waals surface area contributed by atoms with Crippen LogP contribution in [0.5, 0.6) is 5.75 Å². The second-order valence-electron chi connectivity index (χ2n) is 6.08. The molecule has 0 unspecified atom stereocenters. The van der Waals surface area contributed by atoms with Gasteiger partial charge in [0.1, 0.15) is 5.75 Å². The smallest absolute Gasteiger partial charge is 0.269 e. The summed E-state index contributed by atoms with van der Waals surface area (Å²) in [7, 11) is 0. The van der Waals surface area contributed by atoms with E-state index < -0.39 is 0 Å². The van der Waals surface area contributed by atoms with Gasteiger partial charge in [0.2, 0.25) is 11.0 Å². The third kappa shape index (κ3) is 6.19. The highest BCUT2D eigenvalue weighted by molar-refractivity contribution is 8.01. The summed E-state index contributed by atoms with van der Waals surface area (Å²) in [6, 6.07) is 14.6. The minimum atomic E-state index is -0.372. The molecule has 0 radical (unpaired) electrons. The second kappa shape index (κ2) is 10.6. The van der Waals surface area contributed by atoms with Crippen molar-refractivity contribution in [1.29, 1.82) is 0 Å². The fourth-order valence-corrected chi connectivity index (χ4v) is 3.92. The lowest BCUT2D eigenvalue weighted by Gasteiger charge is -2.09. The number of hydrogen-bond donors (Lipinski definition) is 3. The van der Waals surface area contributed by atoms with Crippen molar-refractivity contribution in [1.82, 2.24) is 21.0 Å². The molecule has 0 saturated heterocycles. The van der Waals surface area contributed by atoms with Gasteiger partial charge in [-0.1, -0.05) is 52.9 Å². The summed E-state index contributed by atoms with van der Waals surface area (Å²) >= 11 is 2.56. The molecule has 0 aliphatic carbocycles. The van der Waals surface area contributed by atoms with E-state index in [1.165, 1.54) is 23.1 Å². The zero-order valence-electron chi connectivity index (χ0n) is 16.5. The van der Waals surface area contributed by atoms with Crippen molar-refractivity contribution >= 4 is 45.7 Å². The van der Waals surface area contributed by atoms with Crippen LogP contribution in [-0.2, 0) is 4.79 Å². The van der Waals surface area contributed by atoms with Crippen LogP contribution in [0.1, 0.15) is 22.8 Å². The summed E-state index contributed by atoms with van der Waals surface area (Å²) < 4.78 is 6.21. The average Bonchev–Trinajstić information content (AvgIpc) is 3.20. The number of hydrogen-bond acceptors (Lipinski definition) is 8. The normalized spacial score (nSPS) is 10.3. The summed E-state index contributed by atoms with van der Waals surface area (Å²) in [5, 5.41) is 11.9. The molecule has 0 saturated carbocycles. The fraction of sp³-hybridized carbons (Fsp3) is 0.200. The number of rotatable bonds is 8. The Labute approximate surface area is 182 Å². The number of carbonyl (C=O) groups excluding carboxylic acids is 2. The van der Waals surface area contributed by atoms with Crippen molar-refractivity contribution in [3.05, 3.63) is 59.7 Å². The topological polar surface area (TPSA) is 105 Å². The second-order valence-corrected chi connectivity index (χ2v) is 8.28. The van der Waals surface area contributed by atoms with Crippen LogP contribution in [0.15, 0.2) is 52.9 Å². The summed E-state index contributed by atoms with van der Waals surface area (Å²) in [6.45, 7) is 4.42. The number of nitrogens with zero attached hydrogens (tertiary/aromatic N) is 2. The molecule has 3 aromatic rings. The van der Waals surface area contributed by atoms with Crippen LogP contribution in [-0.4, -0.2) is 34.4 Å². The Morgan fingerprint density at radius 2 is 1.83 bits per heavy atom. The van der Waals surface area contributed by atoms with E-state index in [-0.39, 0.29) is 17.6 Å².